The molecule has 7 atom stereocenters. The largest absolute Gasteiger partial charge is 0.472 e. The van der Waals surface area contributed by atoms with Gasteiger partial charge in [-0.2, -0.15) is 0 Å². The molecule has 1 saturated heterocycles. The minimum atomic E-state index is -4.66. The van der Waals surface area contributed by atoms with Gasteiger partial charge < -0.3 is 36.3 Å². The molecule has 2 aromatic rings. The molecule has 0 aliphatic carbocycles. The summed E-state index contributed by atoms with van der Waals surface area (Å²) in [6.45, 7) is 5.93. The number of amides is 4. The molecule has 0 radical (unpaired) electrons. The van der Waals surface area contributed by atoms with Crippen molar-refractivity contribution < 1.29 is 52.4 Å². The Morgan fingerprint density at radius 3 is 2.29 bits per heavy atom. The molecule has 59 heavy (non-hydrogen) atoms. The fourth-order valence-electron chi connectivity index (χ4n) is 7.21. The number of H-pyrrole nitrogens is 1. The van der Waals surface area contributed by atoms with Crippen molar-refractivity contribution in [2.75, 3.05) is 19.8 Å². The Bertz CT molecular complexity index is 1710. The average Bonchev–Trinajstić information content (AvgIpc) is 3.89. The predicted octanol–water partition coefficient (Wildman–Crippen LogP) is 3.32. The second-order valence-electron chi connectivity index (χ2n) is 15.7. The maximum atomic E-state index is 13.8. The highest BCUT2D eigenvalue weighted by Crippen LogP contribution is 2.46. The van der Waals surface area contributed by atoms with Crippen LogP contribution in [0.25, 0.3) is 0 Å². The summed E-state index contributed by atoms with van der Waals surface area (Å²) in [5.74, 6) is -6.27. The summed E-state index contributed by atoms with van der Waals surface area (Å²) in [7, 11) is -4.66. The Kier molecular flexibility index (Phi) is 20.6. The van der Waals surface area contributed by atoms with E-state index in [-0.39, 0.29) is 37.7 Å². The van der Waals surface area contributed by atoms with Gasteiger partial charge in [0.05, 0.1) is 43.5 Å². The number of nitrogens with one attached hydrogen (secondary N) is 3. The number of carbonyl (C=O) groups is 6. The van der Waals surface area contributed by atoms with Crippen molar-refractivity contribution in [3.63, 3.8) is 0 Å². The highest BCUT2D eigenvalue weighted by Gasteiger charge is 2.38. The first kappa shape index (κ1) is 49.1. The summed E-state index contributed by atoms with van der Waals surface area (Å²) < 4.78 is 23.1. The molecule has 0 saturated carbocycles. The van der Waals surface area contributed by atoms with Crippen LogP contribution in [0.3, 0.4) is 0 Å². The van der Waals surface area contributed by atoms with Crippen LogP contribution in [0.1, 0.15) is 103 Å². The lowest BCUT2D eigenvalue weighted by Gasteiger charge is -2.27. The van der Waals surface area contributed by atoms with Crippen molar-refractivity contribution in [1.29, 1.82) is 0 Å². The zero-order chi connectivity index (χ0) is 43.5. The molecule has 7 N–H and O–H groups in total. The Labute approximate surface area is 346 Å². The highest BCUT2D eigenvalue weighted by atomic mass is 31.2. The number of imidazole rings is 1. The molecule has 18 heteroatoms. The Morgan fingerprint density at radius 2 is 1.66 bits per heavy atom. The first-order valence-corrected chi connectivity index (χ1v) is 22.0. The van der Waals surface area contributed by atoms with Gasteiger partial charge in [0.25, 0.3) is 0 Å². The molecule has 1 unspecified atom stereocenters. The van der Waals surface area contributed by atoms with E-state index in [2.05, 4.69) is 32.7 Å². The van der Waals surface area contributed by atoms with Crippen LogP contribution in [-0.2, 0) is 55.2 Å². The van der Waals surface area contributed by atoms with Crippen LogP contribution in [0, 0.1) is 17.8 Å². The van der Waals surface area contributed by atoms with Gasteiger partial charge in [0, 0.05) is 44.6 Å². The van der Waals surface area contributed by atoms with E-state index in [1.807, 2.05) is 32.0 Å². The summed E-state index contributed by atoms with van der Waals surface area (Å²) in [6.07, 6.45) is 7.04. The topological polar surface area (TPSA) is 260 Å². The second kappa shape index (κ2) is 24.7. The monoisotopic (exact) mass is 846 g/mol. The summed E-state index contributed by atoms with van der Waals surface area (Å²) in [6, 6.07) is 6.94. The number of phosphoric acid groups is 1. The highest BCUT2D eigenvalue weighted by molar-refractivity contribution is 7.47. The fourth-order valence-corrected chi connectivity index (χ4v) is 8.19. The Hall–Kier alpha value is -4.28. The summed E-state index contributed by atoms with van der Waals surface area (Å²) >= 11 is 0. The predicted molar refractivity (Wildman–Crippen MR) is 218 cm³/mol. The molecule has 1 aromatic heterocycles. The quantitative estimate of drug-likeness (QED) is 0.0533. The first-order chi connectivity index (χ1) is 28.0. The number of nitrogens with two attached hydrogens (primary N) is 1. The molecule has 0 bridgehead atoms. The molecule has 3 rings (SSSR count). The SMILES string of the molecule is CC(=O)N1CCC[C@H]1C(=O)N[C@@H](CC(C)C)C(=O)C[C@@H](Cc1cnc[nH]1)C(=O)N[C@@H](CO)C(=O)C[C@H](C(N)=O)[C@@H](C)OP(=O)(O)OCCCCCCCc1ccccc1. The van der Waals surface area contributed by atoms with E-state index in [1.54, 1.807) is 0 Å². The average molecular weight is 847 g/mol. The van der Waals surface area contributed by atoms with Gasteiger partial charge in [-0.15, -0.1) is 0 Å². The molecule has 328 valence electrons. The number of aryl methyl sites for hydroxylation is 1. The van der Waals surface area contributed by atoms with Crippen molar-refractivity contribution >= 4 is 43.0 Å². The van der Waals surface area contributed by atoms with Crippen LogP contribution in [0.2, 0.25) is 0 Å². The van der Waals surface area contributed by atoms with Crippen LogP contribution < -0.4 is 16.4 Å². The number of phosphoric ester groups is 1. The number of carbonyl (C=O) groups excluding carboxylic acids is 6. The van der Waals surface area contributed by atoms with E-state index in [1.165, 1.54) is 36.8 Å². The molecular weight excluding hydrogens is 783 g/mol. The number of hydrogen-bond acceptors (Lipinski definition) is 11. The van der Waals surface area contributed by atoms with Gasteiger partial charge in [0.2, 0.25) is 23.6 Å². The molecule has 1 aromatic carbocycles. The number of aliphatic hydroxyl groups is 1. The number of aliphatic hydroxyl groups excluding tert-OH is 1. The van der Waals surface area contributed by atoms with E-state index in [9.17, 15) is 43.3 Å². The minimum Gasteiger partial charge on any atom is -0.394 e. The molecule has 4 amide bonds. The van der Waals surface area contributed by atoms with Gasteiger partial charge in [-0.05, 0) is 56.9 Å². The zero-order valence-corrected chi connectivity index (χ0v) is 35.6. The van der Waals surface area contributed by atoms with Gasteiger partial charge >= 0.3 is 7.82 Å². The third kappa shape index (κ3) is 17.1. The van der Waals surface area contributed by atoms with Crippen LogP contribution in [-0.4, -0.2) is 104 Å². The van der Waals surface area contributed by atoms with E-state index >= 15 is 0 Å². The molecule has 1 fully saturated rings. The van der Waals surface area contributed by atoms with Gasteiger partial charge in [-0.1, -0.05) is 63.4 Å². The van der Waals surface area contributed by atoms with Crippen LogP contribution in [0.15, 0.2) is 42.9 Å². The number of aromatic nitrogens is 2. The number of Topliss-reactive ketones (excluding diaryl/α,β-unsaturated/α-hetero) is 2. The number of ketones is 2. The van der Waals surface area contributed by atoms with Gasteiger partial charge in [0.15, 0.2) is 11.6 Å². The summed E-state index contributed by atoms with van der Waals surface area (Å²) in [5, 5.41) is 15.5. The van der Waals surface area contributed by atoms with Crippen molar-refractivity contribution in [3.05, 3.63) is 54.1 Å². The van der Waals surface area contributed by atoms with E-state index in [4.69, 9.17) is 14.8 Å². The van der Waals surface area contributed by atoms with Crippen LogP contribution >= 0.6 is 7.82 Å². The second-order valence-corrected chi connectivity index (χ2v) is 17.2. The molecular formula is C41H63N6O11P. The Balaban J connectivity index is 1.58. The lowest BCUT2D eigenvalue weighted by molar-refractivity contribution is -0.138. The number of benzene rings is 1. The molecule has 1 aliphatic rings. The maximum absolute atomic E-state index is 13.8. The summed E-state index contributed by atoms with van der Waals surface area (Å²) in [5.41, 5.74) is 7.35. The Morgan fingerprint density at radius 1 is 0.983 bits per heavy atom. The smallest absolute Gasteiger partial charge is 0.394 e. The number of nitrogens with zero attached hydrogens (tertiary/aromatic N) is 2. The number of unbranched alkanes of at least 4 members (excludes halogenated alkanes) is 4. The van der Waals surface area contributed by atoms with E-state index in [0.717, 1.165) is 32.1 Å². The number of likely N-dealkylation sites (tertiary alicyclic amines) is 1. The number of rotatable bonds is 28. The molecule has 2 heterocycles. The number of hydrogen-bond donors (Lipinski definition) is 6. The standard InChI is InChI=1S/C41H63N6O11P/c1-27(2)20-34(45-41(54)36-17-13-18-47(36)29(4)49)37(50)22-31(21-32-24-43-26-44-32)40(53)46-35(25-48)38(51)23-33(39(42)52)28(3)58-59(55,56)57-19-12-7-5-6-9-14-30-15-10-8-11-16-30/h8,10-11,15-16,24,26-28,31,33-36,48H,5-7,9,12-14,17-23,25H2,1-4H3,(H2,42,52)(H,43,44)(H,45,54)(H,46,53)(H,55,56)/t28-,31-,33+,34+,35+,36+/m1/s1. The molecule has 0 spiro atoms. The number of aromatic amines is 1. The van der Waals surface area contributed by atoms with E-state index in [0.29, 0.717) is 31.5 Å². The third-order valence-electron chi connectivity index (χ3n) is 10.5. The first-order valence-electron chi connectivity index (χ1n) is 20.5. The maximum Gasteiger partial charge on any atom is 0.472 e. The van der Waals surface area contributed by atoms with Crippen molar-refractivity contribution in [2.24, 2.45) is 23.5 Å². The molecule has 17 nitrogen and oxygen atoms in total. The van der Waals surface area contributed by atoms with Crippen molar-refractivity contribution in [2.45, 2.75) is 129 Å². The lowest BCUT2D eigenvalue weighted by Crippen LogP contribution is -2.52. The fraction of sp³-hybridized carbons (Fsp3) is 0.634. The zero-order valence-electron chi connectivity index (χ0n) is 34.7. The van der Waals surface area contributed by atoms with Gasteiger partial charge in [-0.25, -0.2) is 9.55 Å². The lowest BCUT2D eigenvalue weighted by atomic mass is 9.89. The van der Waals surface area contributed by atoms with Crippen LogP contribution in [0.4, 0.5) is 0 Å². The van der Waals surface area contributed by atoms with Gasteiger partial charge in [0.1, 0.15) is 12.1 Å². The summed E-state index contributed by atoms with van der Waals surface area (Å²) in [4.78, 5) is 97.6. The normalized spacial score (nSPS) is 17.7. The van der Waals surface area contributed by atoms with Gasteiger partial charge in [-0.3, -0.25) is 37.8 Å². The van der Waals surface area contributed by atoms with Crippen molar-refractivity contribution in [1.82, 2.24) is 25.5 Å². The van der Waals surface area contributed by atoms with Crippen LogP contribution in [0.5, 0.6) is 0 Å². The number of primary amides is 1. The molecule has 1 aliphatic heterocycles. The van der Waals surface area contributed by atoms with Crippen molar-refractivity contribution in [3.8, 4) is 0 Å². The third-order valence-corrected chi connectivity index (χ3v) is 11.6. The van der Waals surface area contributed by atoms with E-state index < -0.39 is 86.2 Å². The minimum absolute atomic E-state index is 0.0121.